The average molecular weight is 513 g/mol. The van der Waals surface area contributed by atoms with Crippen molar-refractivity contribution in [3.63, 3.8) is 0 Å². The molecule has 2 atom stereocenters. The molecule has 3 heterocycles. The number of halogens is 6. The number of benzene rings is 1. The van der Waals surface area contributed by atoms with E-state index in [1.54, 1.807) is 6.92 Å². The molecule has 1 amide bonds. The average Bonchev–Trinajstić information content (AvgIpc) is 3.19. The maximum absolute atomic E-state index is 14.5. The van der Waals surface area contributed by atoms with Gasteiger partial charge in [-0.2, -0.15) is 13.2 Å². The molecule has 0 radical (unpaired) electrons. The topological polar surface area (TPSA) is 84.2 Å². The first-order chi connectivity index (χ1) is 16.8. The molecule has 0 spiro atoms. The Balaban J connectivity index is 1.60. The Hall–Kier alpha value is -3.64. The molecule has 1 fully saturated rings. The molecule has 7 nitrogen and oxygen atoms in total. The van der Waals surface area contributed by atoms with Gasteiger partial charge in [0.2, 0.25) is 5.95 Å². The van der Waals surface area contributed by atoms with E-state index < -0.39 is 54.3 Å². The number of piperidine rings is 1. The highest BCUT2D eigenvalue weighted by Gasteiger charge is 2.47. The van der Waals surface area contributed by atoms with Gasteiger partial charge in [0.05, 0.1) is 18.2 Å². The zero-order chi connectivity index (χ0) is 26.3. The van der Waals surface area contributed by atoms with Crippen molar-refractivity contribution in [3.8, 4) is 11.3 Å². The lowest BCUT2D eigenvalue weighted by Gasteiger charge is -2.43. The molecular weight excluding hydrogens is 492 g/mol. The van der Waals surface area contributed by atoms with Gasteiger partial charge in [0.1, 0.15) is 5.82 Å². The number of amides is 1. The molecule has 1 aliphatic heterocycles. The molecule has 1 aromatic carbocycles. The van der Waals surface area contributed by atoms with Gasteiger partial charge in [-0.3, -0.25) is 4.79 Å². The number of aryl methyl sites for hydroxylation is 1. The van der Waals surface area contributed by atoms with E-state index in [-0.39, 0.29) is 29.8 Å². The quantitative estimate of drug-likeness (QED) is 0.473. The van der Waals surface area contributed by atoms with Crippen molar-refractivity contribution in [1.82, 2.24) is 19.9 Å². The summed E-state index contributed by atoms with van der Waals surface area (Å²) in [5.41, 5.74) is -0.907. The van der Waals surface area contributed by atoms with Crippen molar-refractivity contribution in [2.45, 2.75) is 38.4 Å². The summed E-state index contributed by atoms with van der Waals surface area (Å²) in [5, 5.41) is 2.73. The Morgan fingerprint density at radius 2 is 1.83 bits per heavy atom. The third-order valence-electron chi connectivity index (χ3n) is 5.83. The molecule has 1 N–H and O–H groups in total. The molecule has 4 rings (SSSR count). The third-order valence-corrected chi connectivity index (χ3v) is 5.83. The number of carbonyl (C=O) groups is 1. The van der Waals surface area contributed by atoms with Crippen molar-refractivity contribution >= 4 is 11.9 Å². The van der Waals surface area contributed by atoms with E-state index in [2.05, 4.69) is 20.3 Å². The van der Waals surface area contributed by atoms with E-state index in [0.717, 1.165) is 17.0 Å². The van der Waals surface area contributed by atoms with Crippen LogP contribution in [0.3, 0.4) is 0 Å². The van der Waals surface area contributed by atoms with Crippen LogP contribution in [-0.4, -0.2) is 50.8 Å². The highest BCUT2D eigenvalue weighted by atomic mass is 19.4. The first-order valence-corrected chi connectivity index (χ1v) is 10.9. The summed E-state index contributed by atoms with van der Waals surface area (Å²) in [6.07, 6.45) is -3.91. The summed E-state index contributed by atoms with van der Waals surface area (Å²) >= 11 is 0. The molecule has 13 heteroatoms. The lowest BCUT2D eigenvalue weighted by atomic mass is 9.88. The molecule has 2 unspecified atom stereocenters. The fraction of sp³-hybridized carbons (Fsp3) is 0.391. The highest BCUT2D eigenvalue weighted by molar-refractivity contribution is 5.98. The summed E-state index contributed by atoms with van der Waals surface area (Å²) in [6.45, 7) is 2.03. The van der Waals surface area contributed by atoms with Crippen molar-refractivity contribution < 1.29 is 35.6 Å². The van der Waals surface area contributed by atoms with Crippen LogP contribution < -0.4 is 5.32 Å². The van der Waals surface area contributed by atoms with Gasteiger partial charge in [-0.15, -0.1) is 0 Å². The fourth-order valence-corrected chi connectivity index (χ4v) is 4.15. The van der Waals surface area contributed by atoms with Gasteiger partial charge in [0.15, 0.2) is 17.3 Å². The molecule has 1 saturated heterocycles. The molecule has 2 aromatic heterocycles. The standard InChI is InChI=1S/C23H21F6N5O2/c1-12-7-22(25,26)11-34(17(12)10-32-21-30-8-15(9-31-21)23(27,28)29)20(35)18-19(36-13(2)33-18)14-3-5-16(24)6-4-14/h3-6,8-9,12,17H,7,10-11H2,1-2H3,(H,30,31,32). The van der Waals surface area contributed by atoms with E-state index in [9.17, 15) is 31.1 Å². The number of nitrogens with one attached hydrogen (secondary N) is 1. The number of hydrogen-bond acceptors (Lipinski definition) is 6. The number of likely N-dealkylation sites (tertiary alicyclic amines) is 1. The van der Waals surface area contributed by atoms with Gasteiger partial charge in [0.25, 0.3) is 11.8 Å². The predicted molar refractivity (Wildman–Crippen MR) is 116 cm³/mol. The fourth-order valence-electron chi connectivity index (χ4n) is 4.15. The molecular formula is C23H21F6N5O2. The minimum atomic E-state index is -4.61. The summed E-state index contributed by atoms with van der Waals surface area (Å²) < 4.78 is 86.2. The Morgan fingerprint density at radius 3 is 2.44 bits per heavy atom. The van der Waals surface area contributed by atoms with E-state index in [1.807, 2.05) is 0 Å². The van der Waals surface area contributed by atoms with Crippen LogP contribution in [0.1, 0.15) is 35.3 Å². The number of carbonyl (C=O) groups excluding carboxylic acids is 1. The number of rotatable bonds is 5. The van der Waals surface area contributed by atoms with Gasteiger partial charge in [-0.1, -0.05) is 6.92 Å². The first-order valence-electron chi connectivity index (χ1n) is 10.9. The van der Waals surface area contributed by atoms with Crippen LogP contribution in [0.15, 0.2) is 41.1 Å². The van der Waals surface area contributed by atoms with Crippen molar-refractivity contribution in [2.75, 3.05) is 18.4 Å². The van der Waals surface area contributed by atoms with Crippen LogP contribution in [0.5, 0.6) is 0 Å². The SMILES string of the molecule is Cc1nc(C(=O)N2CC(F)(F)CC(C)C2CNc2ncc(C(F)(F)F)cn2)c(-c2ccc(F)cc2)o1. The Bertz CT molecular complexity index is 1230. The minimum absolute atomic E-state index is 0.0109. The number of anilines is 1. The number of nitrogens with zero attached hydrogens (tertiary/aromatic N) is 4. The lowest BCUT2D eigenvalue weighted by Crippen LogP contribution is -2.57. The van der Waals surface area contributed by atoms with Crippen molar-refractivity contribution in [2.24, 2.45) is 5.92 Å². The van der Waals surface area contributed by atoms with E-state index in [0.29, 0.717) is 18.0 Å². The maximum atomic E-state index is 14.5. The van der Waals surface area contributed by atoms with Gasteiger partial charge in [0, 0.05) is 37.8 Å². The van der Waals surface area contributed by atoms with Crippen LogP contribution in [-0.2, 0) is 6.18 Å². The van der Waals surface area contributed by atoms with Crippen LogP contribution >= 0.6 is 0 Å². The molecule has 1 aliphatic rings. The molecule has 0 saturated carbocycles. The Morgan fingerprint density at radius 1 is 1.19 bits per heavy atom. The second kappa shape index (κ2) is 9.43. The zero-order valence-corrected chi connectivity index (χ0v) is 19.1. The van der Waals surface area contributed by atoms with Crippen LogP contribution in [0.25, 0.3) is 11.3 Å². The molecule has 0 bridgehead atoms. The summed E-state index contributed by atoms with van der Waals surface area (Å²) in [5.74, 6) is -5.22. The first kappa shape index (κ1) is 25.5. The number of aromatic nitrogens is 3. The van der Waals surface area contributed by atoms with Gasteiger partial charge in [-0.25, -0.2) is 28.1 Å². The summed E-state index contributed by atoms with van der Waals surface area (Å²) in [7, 11) is 0. The van der Waals surface area contributed by atoms with Crippen molar-refractivity contribution in [1.29, 1.82) is 0 Å². The largest absolute Gasteiger partial charge is 0.440 e. The van der Waals surface area contributed by atoms with E-state index >= 15 is 0 Å². The van der Waals surface area contributed by atoms with Gasteiger partial charge >= 0.3 is 6.18 Å². The number of alkyl halides is 5. The second-order valence-corrected chi connectivity index (χ2v) is 8.63. The predicted octanol–water partition coefficient (Wildman–Crippen LogP) is 5.20. The summed E-state index contributed by atoms with van der Waals surface area (Å²) in [6, 6.07) is 4.28. The normalized spacial score (nSPS) is 19.8. The molecule has 36 heavy (non-hydrogen) atoms. The smallest absolute Gasteiger partial charge is 0.419 e. The van der Waals surface area contributed by atoms with E-state index in [4.69, 9.17) is 4.42 Å². The maximum Gasteiger partial charge on any atom is 0.419 e. The number of oxazole rings is 1. The molecule has 192 valence electrons. The molecule has 3 aromatic rings. The summed E-state index contributed by atoms with van der Waals surface area (Å²) in [4.78, 5) is 25.8. The zero-order valence-electron chi connectivity index (χ0n) is 19.1. The Kier molecular flexibility index (Phi) is 6.67. The van der Waals surface area contributed by atoms with Crippen LogP contribution in [0.2, 0.25) is 0 Å². The molecule has 0 aliphatic carbocycles. The second-order valence-electron chi connectivity index (χ2n) is 8.63. The van der Waals surface area contributed by atoms with Gasteiger partial charge < -0.3 is 14.6 Å². The van der Waals surface area contributed by atoms with E-state index in [1.165, 1.54) is 19.1 Å². The Labute approximate surface area is 201 Å². The van der Waals surface area contributed by atoms with Crippen LogP contribution in [0, 0.1) is 18.7 Å². The van der Waals surface area contributed by atoms with Gasteiger partial charge in [-0.05, 0) is 30.2 Å². The van der Waals surface area contributed by atoms with Crippen LogP contribution in [0.4, 0.5) is 32.3 Å². The monoisotopic (exact) mass is 513 g/mol. The lowest BCUT2D eigenvalue weighted by molar-refractivity contribution is -0.138. The third kappa shape index (κ3) is 5.44. The number of hydrogen-bond donors (Lipinski definition) is 1. The minimum Gasteiger partial charge on any atom is -0.440 e. The van der Waals surface area contributed by atoms with Crippen molar-refractivity contribution in [3.05, 3.63) is 59.6 Å². The highest BCUT2D eigenvalue weighted by Crippen LogP contribution is 2.36.